The maximum Gasteiger partial charge on any atom is 0.410 e. The van der Waals surface area contributed by atoms with E-state index in [-0.39, 0.29) is 0 Å². The smallest absolute Gasteiger partial charge is 0.410 e. The topological polar surface area (TPSA) is 62.2 Å². The number of pyridine rings is 1. The first-order chi connectivity index (χ1) is 7.15. The molecule has 1 aromatic heterocycles. The number of carboxylic acid groups (broad SMARTS) is 1. The Morgan fingerprint density at radius 3 is 2.87 bits per heavy atom. The molecule has 0 fully saturated rings. The fraction of sp³-hybridized carbons (Fsp3) is 0. The molecule has 2 rings (SSSR count). The lowest BCUT2D eigenvalue weighted by atomic mass is 10.2. The van der Waals surface area contributed by atoms with Crippen molar-refractivity contribution >= 4 is 38.6 Å². The standard InChI is InChI=1S/C10H7BrN2O2/c11-8-2-1-6-5-12-9(13-10(14)15)4-7(6)3-8/h1-5H,(H,12,13)(H,14,15). The summed E-state index contributed by atoms with van der Waals surface area (Å²) >= 11 is 3.35. The van der Waals surface area contributed by atoms with Crippen LogP contribution in [-0.4, -0.2) is 16.2 Å². The van der Waals surface area contributed by atoms with E-state index >= 15 is 0 Å². The van der Waals surface area contributed by atoms with Crippen molar-refractivity contribution in [3.8, 4) is 0 Å². The minimum Gasteiger partial charge on any atom is -0.465 e. The molecule has 0 bridgehead atoms. The van der Waals surface area contributed by atoms with Gasteiger partial charge in [-0.25, -0.2) is 9.78 Å². The van der Waals surface area contributed by atoms with Gasteiger partial charge in [0.2, 0.25) is 0 Å². The van der Waals surface area contributed by atoms with Gasteiger partial charge in [-0.1, -0.05) is 22.0 Å². The van der Waals surface area contributed by atoms with Gasteiger partial charge in [0.15, 0.2) is 0 Å². The molecule has 1 heterocycles. The number of halogens is 1. The molecule has 76 valence electrons. The number of rotatable bonds is 1. The normalized spacial score (nSPS) is 10.2. The van der Waals surface area contributed by atoms with Crippen molar-refractivity contribution in [2.75, 3.05) is 5.32 Å². The summed E-state index contributed by atoms with van der Waals surface area (Å²) in [5, 5.41) is 12.6. The second kappa shape index (κ2) is 3.86. The minimum atomic E-state index is -1.11. The summed E-state index contributed by atoms with van der Waals surface area (Å²) in [4.78, 5) is 14.4. The van der Waals surface area contributed by atoms with Gasteiger partial charge in [-0.05, 0) is 23.6 Å². The van der Waals surface area contributed by atoms with Crippen LogP contribution in [0.2, 0.25) is 0 Å². The maximum atomic E-state index is 10.4. The molecular weight excluding hydrogens is 260 g/mol. The van der Waals surface area contributed by atoms with Crippen molar-refractivity contribution in [3.05, 3.63) is 34.9 Å². The van der Waals surface area contributed by atoms with E-state index in [1.165, 1.54) is 0 Å². The third-order valence-corrected chi connectivity index (χ3v) is 2.41. The van der Waals surface area contributed by atoms with E-state index in [4.69, 9.17) is 5.11 Å². The molecule has 0 saturated carbocycles. The predicted molar refractivity (Wildman–Crippen MR) is 61.1 cm³/mol. The summed E-state index contributed by atoms with van der Waals surface area (Å²) in [6.07, 6.45) is 0.518. The van der Waals surface area contributed by atoms with E-state index in [2.05, 4.69) is 26.2 Å². The van der Waals surface area contributed by atoms with Crippen LogP contribution in [0, 0.1) is 0 Å². The summed E-state index contributed by atoms with van der Waals surface area (Å²) in [5.74, 6) is 0.327. The van der Waals surface area contributed by atoms with Gasteiger partial charge in [0, 0.05) is 16.1 Å². The lowest BCUT2D eigenvalue weighted by molar-refractivity contribution is 0.209. The van der Waals surface area contributed by atoms with Crippen LogP contribution in [0.5, 0.6) is 0 Å². The molecule has 0 unspecified atom stereocenters. The summed E-state index contributed by atoms with van der Waals surface area (Å²) in [6.45, 7) is 0. The first kappa shape index (κ1) is 9.92. The molecular formula is C10H7BrN2O2. The largest absolute Gasteiger partial charge is 0.465 e. The summed E-state index contributed by atoms with van der Waals surface area (Å²) in [5.41, 5.74) is 0. The minimum absolute atomic E-state index is 0.327. The molecule has 0 saturated heterocycles. The number of benzene rings is 1. The molecule has 2 N–H and O–H groups in total. The summed E-state index contributed by atoms with van der Waals surface area (Å²) < 4.78 is 0.947. The second-order valence-electron chi connectivity index (χ2n) is 2.99. The number of aromatic nitrogens is 1. The number of hydrogen-bond acceptors (Lipinski definition) is 2. The molecule has 15 heavy (non-hydrogen) atoms. The van der Waals surface area contributed by atoms with Crippen molar-refractivity contribution in [2.24, 2.45) is 0 Å². The molecule has 5 heteroatoms. The van der Waals surface area contributed by atoms with Gasteiger partial charge in [0.1, 0.15) is 5.82 Å². The fourth-order valence-electron chi connectivity index (χ4n) is 1.29. The third-order valence-electron chi connectivity index (χ3n) is 1.92. The van der Waals surface area contributed by atoms with Gasteiger partial charge in [-0.3, -0.25) is 5.32 Å². The van der Waals surface area contributed by atoms with Crippen molar-refractivity contribution in [2.45, 2.75) is 0 Å². The Bertz CT molecular complexity index is 528. The average Bonchev–Trinajstić information content (AvgIpc) is 2.16. The Kier molecular flexibility index (Phi) is 2.55. The molecule has 2 aromatic rings. The van der Waals surface area contributed by atoms with E-state index in [9.17, 15) is 4.79 Å². The number of nitrogens with zero attached hydrogens (tertiary/aromatic N) is 1. The van der Waals surface area contributed by atoms with Crippen LogP contribution in [0.25, 0.3) is 10.8 Å². The highest BCUT2D eigenvalue weighted by Gasteiger charge is 2.01. The number of nitrogens with one attached hydrogen (secondary N) is 1. The third kappa shape index (κ3) is 2.24. The highest BCUT2D eigenvalue weighted by Crippen LogP contribution is 2.21. The van der Waals surface area contributed by atoms with Gasteiger partial charge >= 0.3 is 6.09 Å². The summed E-state index contributed by atoms with van der Waals surface area (Å²) in [7, 11) is 0. The van der Waals surface area contributed by atoms with Crippen LogP contribution in [0.1, 0.15) is 0 Å². The zero-order valence-electron chi connectivity index (χ0n) is 7.57. The number of amides is 1. The molecule has 1 aromatic carbocycles. The van der Waals surface area contributed by atoms with E-state index < -0.39 is 6.09 Å². The Morgan fingerprint density at radius 1 is 1.33 bits per heavy atom. The zero-order valence-corrected chi connectivity index (χ0v) is 9.15. The van der Waals surface area contributed by atoms with Gasteiger partial charge in [-0.2, -0.15) is 0 Å². The molecule has 0 radical (unpaired) electrons. The van der Waals surface area contributed by atoms with Crippen LogP contribution in [0.3, 0.4) is 0 Å². The molecule has 0 aliphatic heterocycles. The van der Waals surface area contributed by atoms with Crippen molar-refractivity contribution in [3.63, 3.8) is 0 Å². The highest BCUT2D eigenvalue weighted by atomic mass is 79.9. The Labute approximate surface area is 94.1 Å². The second-order valence-corrected chi connectivity index (χ2v) is 3.91. The van der Waals surface area contributed by atoms with Crippen molar-refractivity contribution < 1.29 is 9.90 Å². The van der Waals surface area contributed by atoms with Gasteiger partial charge in [-0.15, -0.1) is 0 Å². The van der Waals surface area contributed by atoms with E-state index in [0.29, 0.717) is 5.82 Å². The number of anilines is 1. The van der Waals surface area contributed by atoms with Crippen LogP contribution in [0.15, 0.2) is 34.9 Å². The van der Waals surface area contributed by atoms with Crippen LogP contribution in [0.4, 0.5) is 10.6 Å². The van der Waals surface area contributed by atoms with Crippen LogP contribution < -0.4 is 5.32 Å². The van der Waals surface area contributed by atoms with E-state index in [1.54, 1.807) is 12.3 Å². The predicted octanol–water partition coefficient (Wildman–Crippen LogP) is 3.09. The quantitative estimate of drug-likeness (QED) is 0.834. The molecule has 0 atom stereocenters. The first-order valence-electron chi connectivity index (χ1n) is 4.20. The fourth-order valence-corrected chi connectivity index (χ4v) is 1.67. The molecule has 0 spiro atoms. The molecule has 4 nitrogen and oxygen atoms in total. The van der Waals surface area contributed by atoms with Crippen LogP contribution >= 0.6 is 15.9 Å². The zero-order chi connectivity index (χ0) is 10.8. The lowest BCUT2D eigenvalue weighted by Gasteiger charge is -2.02. The molecule has 0 aliphatic carbocycles. The molecule has 1 amide bonds. The Hall–Kier alpha value is -1.62. The van der Waals surface area contributed by atoms with Gasteiger partial charge in [0.25, 0.3) is 0 Å². The molecule has 0 aliphatic rings. The van der Waals surface area contributed by atoms with E-state index in [1.807, 2.05) is 18.2 Å². The number of fused-ring (bicyclic) bond motifs is 1. The SMILES string of the molecule is O=C(O)Nc1cc2cc(Br)ccc2cn1. The number of hydrogen-bond donors (Lipinski definition) is 2. The maximum absolute atomic E-state index is 10.4. The van der Waals surface area contributed by atoms with Crippen molar-refractivity contribution in [1.29, 1.82) is 0 Å². The van der Waals surface area contributed by atoms with Crippen LogP contribution in [-0.2, 0) is 0 Å². The van der Waals surface area contributed by atoms with Gasteiger partial charge < -0.3 is 5.11 Å². The van der Waals surface area contributed by atoms with Crippen molar-refractivity contribution in [1.82, 2.24) is 4.98 Å². The average molecular weight is 267 g/mol. The van der Waals surface area contributed by atoms with Gasteiger partial charge in [0.05, 0.1) is 0 Å². The monoisotopic (exact) mass is 266 g/mol. The highest BCUT2D eigenvalue weighted by molar-refractivity contribution is 9.10. The summed E-state index contributed by atoms with van der Waals surface area (Å²) in [6, 6.07) is 7.42. The van der Waals surface area contributed by atoms with E-state index in [0.717, 1.165) is 15.2 Å². The Balaban J connectivity index is 2.49. The lowest BCUT2D eigenvalue weighted by Crippen LogP contribution is -2.08. The first-order valence-corrected chi connectivity index (χ1v) is 5.00. The number of carbonyl (C=O) groups is 1. The Morgan fingerprint density at radius 2 is 2.13 bits per heavy atom.